The molecule has 154 valence electrons. The van der Waals surface area contributed by atoms with Crippen LogP contribution in [0.1, 0.15) is 37.4 Å². The van der Waals surface area contributed by atoms with Crippen molar-refractivity contribution in [2.45, 2.75) is 39.0 Å². The van der Waals surface area contributed by atoms with Gasteiger partial charge in [0, 0.05) is 36.4 Å². The zero-order chi connectivity index (χ0) is 20.7. The van der Waals surface area contributed by atoms with Crippen LogP contribution in [0, 0.1) is 5.41 Å². The largest absolute Gasteiger partial charge is 0.466 e. The lowest BCUT2D eigenvalue weighted by molar-refractivity contribution is -0.160. The molecule has 1 aliphatic heterocycles. The molecule has 2 aromatic rings. The first-order valence-corrected chi connectivity index (χ1v) is 10.5. The van der Waals surface area contributed by atoms with Gasteiger partial charge in [-0.05, 0) is 62.4 Å². The van der Waals surface area contributed by atoms with Crippen molar-refractivity contribution in [2.75, 3.05) is 19.7 Å². The van der Waals surface area contributed by atoms with Crippen molar-refractivity contribution >= 4 is 23.5 Å². The van der Waals surface area contributed by atoms with Crippen LogP contribution in [-0.2, 0) is 27.2 Å². The summed E-state index contributed by atoms with van der Waals surface area (Å²) in [6, 6.07) is 13.3. The van der Waals surface area contributed by atoms with Gasteiger partial charge in [0.25, 0.3) is 0 Å². The molecular weight excluding hydrogens is 388 g/mol. The molecule has 5 nitrogen and oxygen atoms in total. The molecule has 1 atom stereocenters. The summed E-state index contributed by atoms with van der Waals surface area (Å²) in [5.41, 5.74) is 1.14. The summed E-state index contributed by atoms with van der Waals surface area (Å²) in [7, 11) is 0. The average molecular weight is 415 g/mol. The van der Waals surface area contributed by atoms with E-state index >= 15 is 0 Å². The number of nitrogens with zero attached hydrogens (tertiary/aromatic N) is 2. The molecule has 1 fully saturated rings. The van der Waals surface area contributed by atoms with Gasteiger partial charge in [-0.1, -0.05) is 29.8 Å². The van der Waals surface area contributed by atoms with Crippen LogP contribution < -0.4 is 0 Å². The molecule has 0 N–H and O–H groups in total. The number of hydrogen-bond donors (Lipinski definition) is 0. The second-order valence-electron chi connectivity index (χ2n) is 7.55. The summed E-state index contributed by atoms with van der Waals surface area (Å²) >= 11 is 6.14. The Labute approximate surface area is 177 Å². The van der Waals surface area contributed by atoms with Crippen molar-refractivity contribution in [1.82, 2.24) is 9.88 Å². The minimum atomic E-state index is -0.737. The summed E-state index contributed by atoms with van der Waals surface area (Å²) in [6.45, 7) is 3.17. The predicted octanol–water partition coefficient (Wildman–Crippen LogP) is 4.08. The van der Waals surface area contributed by atoms with Crippen molar-refractivity contribution in [3.8, 4) is 0 Å². The lowest BCUT2D eigenvalue weighted by Gasteiger charge is -2.41. The van der Waals surface area contributed by atoms with Gasteiger partial charge in [0.2, 0.25) is 5.91 Å². The van der Waals surface area contributed by atoms with Crippen LogP contribution in [0.5, 0.6) is 0 Å². The van der Waals surface area contributed by atoms with E-state index in [2.05, 4.69) is 4.98 Å². The van der Waals surface area contributed by atoms with Crippen LogP contribution in [-0.4, -0.2) is 41.5 Å². The number of hydrogen-bond acceptors (Lipinski definition) is 4. The number of benzene rings is 1. The van der Waals surface area contributed by atoms with Gasteiger partial charge in [0.15, 0.2) is 0 Å². The molecular formula is C23H27ClN2O3. The highest BCUT2D eigenvalue weighted by Crippen LogP contribution is 2.36. The molecule has 6 heteroatoms. The highest BCUT2D eigenvalue weighted by Gasteiger charge is 2.44. The van der Waals surface area contributed by atoms with Gasteiger partial charge >= 0.3 is 5.97 Å². The Morgan fingerprint density at radius 3 is 2.83 bits per heavy atom. The molecule has 0 aliphatic carbocycles. The molecule has 0 spiro atoms. The molecule has 1 aromatic carbocycles. The van der Waals surface area contributed by atoms with Crippen molar-refractivity contribution in [3.63, 3.8) is 0 Å². The normalized spacial score (nSPS) is 19.0. The van der Waals surface area contributed by atoms with Gasteiger partial charge in [-0.25, -0.2) is 0 Å². The van der Waals surface area contributed by atoms with Crippen LogP contribution >= 0.6 is 11.6 Å². The van der Waals surface area contributed by atoms with Crippen LogP contribution in [0.25, 0.3) is 0 Å². The van der Waals surface area contributed by atoms with Crippen LogP contribution in [0.2, 0.25) is 5.02 Å². The zero-order valence-electron chi connectivity index (χ0n) is 16.8. The molecule has 1 aliphatic rings. The SMILES string of the molecule is CCOC(=O)[C@@]1(Cc2cccc(Cl)c2)CCCN(C(=O)CCc2ccccn2)C1. The summed E-state index contributed by atoms with van der Waals surface area (Å²) in [4.78, 5) is 31.9. The Bertz CT molecular complexity index is 843. The van der Waals surface area contributed by atoms with E-state index in [4.69, 9.17) is 16.3 Å². The second kappa shape index (κ2) is 9.88. The first kappa shape index (κ1) is 21.3. The Morgan fingerprint density at radius 1 is 1.24 bits per heavy atom. The Morgan fingerprint density at radius 2 is 2.10 bits per heavy atom. The molecule has 29 heavy (non-hydrogen) atoms. The lowest BCUT2D eigenvalue weighted by Crippen LogP contribution is -2.51. The van der Waals surface area contributed by atoms with Gasteiger partial charge in [0.1, 0.15) is 0 Å². The quantitative estimate of drug-likeness (QED) is 0.640. The third kappa shape index (κ3) is 5.57. The molecule has 1 amide bonds. The Hall–Kier alpha value is -2.40. The average Bonchev–Trinajstić information content (AvgIpc) is 2.73. The molecule has 0 bridgehead atoms. The minimum Gasteiger partial charge on any atom is -0.466 e. The smallest absolute Gasteiger partial charge is 0.314 e. The summed E-state index contributed by atoms with van der Waals surface area (Å²) in [6.07, 6.45) is 4.69. The fourth-order valence-electron chi connectivity index (χ4n) is 3.99. The van der Waals surface area contributed by atoms with Gasteiger partial charge in [-0.2, -0.15) is 0 Å². The monoisotopic (exact) mass is 414 g/mol. The molecule has 3 rings (SSSR count). The number of likely N-dealkylation sites (tertiary alicyclic amines) is 1. The van der Waals surface area contributed by atoms with E-state index < -0.39 is 5.41 Å². The number of piperidine rings is 1. The predicted molar refractivity (Wildman–Crippen MR) is 113 cm³/mol. The van der Waals surface area contributed by atoms with Gasteiger partial charge in [0.05, 0.1) is 12.0 Å². The number of esters is 1. The van der Waals surface area contributed by atoms with Crippen molar-refractivity contribution < 1.29 is 14.3 Å². The zero-order valence-corrected chi connectivity index (χ0v) is 17.5. The fourth-order valence-corrected chi connectivity index (χ4v) is 4.20. The number of pyridine rings is 1. The van der Waals surface area contributed by atoms with Crippen molar-refractivity contribution in [3.05, 3.63) is 64.9 Å². The maximum absolute atomic E-state index is 13.0. The fraction of sp³-hybridized carbons (Fsp3) is 0.435. The summed E-state index contributed by atoms with van der Waals surface area (Å²) in [5.74, 6) is -0.183. The maximum atomic E-state index is 13.0. The number of amides is 1. The van der Waals surface area contributed by atoms with E-state index in [-0.39, 0.29) is 11.9 Å². The summed E-state index contributed by atoms with van der Waals surface area (Å²) in [5, 5.41) is 0.639. The number of rotatable bonds is 7. The van der Waals surface area contributed by atoms with E-state index in [9.17, 15) is 9.59 Å². The van der Waals surface area contributed by atoms with E-state index in [0.717, 1.165) is 17.7 Å². The van der Waals surface area contributed by atoms with E-state index in [0.29, 0.717) is 50.4 Å². The highest BCUT2D eigenvalue weighted by molar-refractivity contribution is 6.30. The summed E-state index contributed by atoms with van der Waals surface area (Å²) < 4.78 is 5.42. The van der Waals surface area contributed by atoms with Gasteiger partial charge < -0.3 is 9.64 Å². The van der Waals surface area contributed by atoms with E-state index in [1.807, 2.05) is 54.3 Å². The number of halogens is 1. The van der Waals surface area contributed by atoms with Gasteiger partial charge in [-0.3, -0.25) is 14.6 Å². The van der Waals surface area contributed by atoms with Crippen LogP contribution in [0.15, 0.2) is 48.7 Å². The first-order chi connectivity index (χ1) is 14.0. The third-order valence-electron chi connectivity index (χ3n) is 5.39. The van der Waals surface area contributed by atoms with Crippen LogP contribution in [0.4, 0.5) is 0 Å². The minimum absolute atomic E-state index is 0.0510. The number of ether oxygens (including phenoxy) is 1. The van der Waals surface area contributed by atoms with E-state index in [1.54, 1.807) is 6.20 Å². The second-order valence-corrected chi connectivity index (χ2v) is 7.98. The molecule has 2 heterocycles. The molecule has 0 radical (unpaired) electrons. The standard InChI is InChI=1S/C23H27ClN2O3/c1-2-29-22(28)23(16-18-7-5-8-19(24)15-18)12-6-14-26(17-23)21(27)11-10-20-9-3-4-13-25-20/h3-5,7-9,13,15H,2,6,10-12,14,16-17H2,1H3/t23-/m1/s1. The molecule has 0 saturated carbocycles. The molecule has 1 saturated heterocycles. The maximum Gasteiger partial charge on any atom is 0.314 e. The Balaban J connectivity index is 1.74. The lowest BCUT2D eigenvalue weighted by atomic mass is 9.75. The molecule has 1 aromatic heterocycles. The highest BCUT2D eigenvalue weighted by atomic mass is 35.5. The number of aryl methyl sites for hydroxylation is 1. The molecule has 0 unspecified atom stereocenters. The Kier molecular flexibility index (Phi) is 7.26. The van der Waals surface area contributed by atoms with Crippen molar-refractivity contribution in [2.24, 2.45) is 5.41 Å². The number of carbonyl (C=O) groups excluding carboxylic acids is 2. The van der Waals surface area contributed by atoms with E-state index in [1.165, 1.54) is 0 Å². The van der Waals surface area contributed by atoms with Gasteiger partial charge in [-0.15, -0.1) is 0 Å². The first-order valence-electron chi connectivity index (χ1n) is 10.1. The number of aromatic nitrogens is 1. The van der Waals surface area contributed by atoms with Crippen molar-refractivity contribution in [1.29, 1.82) is 0 Å². The topological polar surface area (TPSA) is 59.5 Å². The van der Waals surface area contributed by atoms with Crippen LogP contribution in [0.3, 0.4) is 0 Å². The number of carbonyl (C=O) groups is 2. The third-order valence-corrected chi connectivity index (χ3v) is 5.63.